The number of aliphatic hydroxyl groups excluding tert-OH is 1. The van der Waals surface area contributed by atoms with Crippen molar-refractivity contribution in [3.8, 4) is 0 Å². The zero-order chi connectivity index (χ0) is 8.97. The van der Waals surface area contributed by atoms with Gasteiger partial charge in [0.15, 0.2) is 0 Å². The molecular weight excluding hydrogens is 148 g/mol. The lowest BCUT2D eigenvalue weighted by Gasteiger charge is -2.29. The van der Waals surface area contributed by atoms with Crippen LogP contribution in [0.2, 0.25) is 0 Å². The SMILES string of the molecule is CCCCC1C(O)C=CCC1C. The van der Waals surface area contributed by atoms with E-state index in [0.29, 0.717) is 11.8 Å². The van der Waals surface area contributed by atoms with Crippen LogP contribution in [0.25, 0.3) is 0 Å². The highest BCUT2D eigenvalue weighted by Crippen LogP contribution is 2.29. The fourth-order valence-corrected chi connectivity index (χ4v) is 1.98. The van der Waals surface area contributed by atoms with Gasteiger partial charge in [0, 0.05) is 0 Å². The van der Waals surface area contributed by atoms with Gasteiger partial charge in [-0.05, 0) is 24.7 Å². The Hall–Kier alpha value is -0.300. The van der Waals surface area contributed by atoms with Gasteiger partial charge in [-0.3, -0.25) is 0 Å². The lowest BCUT2D eigenvalue weighted by Crippen LogP contribution is -2.27. The zero-order valence-electron chi connectivity index (χ0n) is 8.16. The summed E-state index contributed by atoms with van der Waals surface area (Å²) in [4.78, 5) is 0. The monoisotopic (exact) mass is 168 g/mol. The lowest BCUT2D eigenvalue weighted by atomic mass is 9.79. The van der Waals surface area contributed by atoms with Crippen molar-refractivity contribution in [1.29, 1.82) is 0 Å². The van der Waals surface area contributed by atoms with Gasteiger partial charge < -0.3 is 5.11 Å². The molecule has 0 radical (unpaired) electrons. The Bertz CT molecular complexity index is 151. The van der Waals surface area contributed by atoms with E-state index in [2.05, 4.69) is 19.9 Å². The summed E-state index contributed by atoms with van der Waals surface area (Å²) in [6, 6.07) is 0. The van der Waals surface area contributed by atoms with Gasteiger partial charge in [-0.15, -0.1) is 0 Å². The third-order valence-corrected chi connectivity index (χ3v) is 2.90. The molecule has 1 nitrogen and oxygen atoms in total. The quantitative estimate of drug-likeness (QED) is 0.642. The molecule has 3 unspecified atom stereocenters. The van der Waals surface area contributed by atoms with Crippen molar-refractivity contribution in [3.63, 3.8) is 0 Å². The second-order valence-electron chi connectivity index (χ2n) is 3.94. The number of hydrogen-bond acceptors (Lipinski definition) is 1. The third kappa shape index (κ3) is 2.34. The third-order valence-electron chi connectivity index (χ3n) is 2.90. The van der Waals surface area contributed by atoms with E-state index < -0.39 is 0 Å². The van der Waals surface area contributed by atoms with Gasteiger partial charge in [-0.1, -0.05) is 38.8 Å². The van der Waals surface area contributed by atoms with Gasteiger partial charge in [0.2, 0.25) is 0 Å². The second-order valence-corrected chi connectivity index (χ2v) is 3.94. The molecule has 1 rings (SSSR count). The maximum absolute atomic E-state index is 9.68. The number of rotatable bonds is 3. The fourth-order valence-electron chi connectivity index (χ4n) is 1.98. The van der Waals surface area contributed by atoms with E-state index in [-0.39, 0.29) is 6.10 Å². The van der Waals surface area contributed by atoms with E-state index in [1.54, 1.807) is 0 Å². The first kappa shape index (κ1) is 9.79. The summed E-state index contributed by atoms with van der Waals surface area (Å²) in [5.41, 5.74) is 0. The minimum absolute atomic E-state index is 0.180. The molecule has 1 N–H and O–H groups in total. The largest absolute Gasteiger partial charge is 0.389 e. The molecule has 0 saturated carbocycles. The molecule has 0 aromatic heterocycles. The van der Waals surface area contributed by atoms with E-state index in [1.165, 1.54) is 19.3 Å². The van der Waals surface area contributed by atoms with Gasteiger partial charge >= 0.3 is 0 Å². The molecule has 0 saturated heterocycles. The van der Waals surface area contributed by atoms with Crippen molar-refractivity contribution in [2.24, 2.45) is 11.8 Å². The lowest BCUT2D eigenvalue weighted by molar-refractivity contribution is 0.101. The van der Waals surface area contributed by atoms with Crippen molar-refractivity contribution in [2.75, 3.05) is 0 Å². The molecule has 70 valence electrons. The Balaban J connectivity index is 2.42. The average Bonchev–Trinajstić information content (AvgIpc) is 2.04. The average molecular weight is 168 g/mol. The van der Waals surface area contributed by atoms with Crippen LogP contribution in [0.1, 0.15) is 39.5 Å². The summed E-state index contributed by atoms with van der Waals surface area (Å²) in [7, 11) is 0. The van der Waals surface area contributed by atoms with Crippen LogP contribution >= 0.6 is 0 Å². The standard InChI is InChI=1S/C11H20O/c1-3-4-7-10-9(2)6-5-8-11(10)12/h5,8-12H,3-4,6-7H2,1-2H3. The molecule has 1 aliphatic carbocycles. The zero-order valence-corrected chi connectivity index (χ0v) is 8.16. The number of aliphatic hydroxyl groups is 1. The molecule has 0 heterocycles. The van der Waals surface area contributed by atoms with Gasteiger partial charge in [-0.2, -0.15) is 0 Å². The molecule has 1 heteroatoms. The molecule has 0 spiro atoms. The Morgan fingerprint density at radius 1 is 1.50 bits per heavy atom. The smallest absolute Gasteiger partial charge is 0.0751 e. The molecule has 0 bridgehead atoms. The predicted molar refractivity (Wildman–Crippen MR) is 51.9 cm³/mol. The molecule has 12 heavy (non-hydrogen) atoms. The Morgan fingerprint density at radius 2 is 2.25 bits per heavy atom. The Labute approximate surface area is 75.5 Å². The minimum Gasteiger partial charge on any atom is -0.389 e. The summed E-state index contributed by atoms with van der Waals surface area (Å²) >= 11 is 0. The van der Waals surface area contributed by atoms with Gasteiger partial charge in [-0.25, -0.2) is 0 Å². The van der Waals surface area contributed by atoms with Crippen molar-refractivity contribution < 1.29 is 5.11 Å². The van der Waals surface area contributed by atoms with Crippen LogP contribution in [-0.2, 0) is 0 Å². The van der Waals surface area contributed by atoms with Crippen molar-refractivity contribution >= 4 is 0 Å². The molecule has 0 amide bonds. The van der Waals surface area contributed by atoms with Crippen LogP contribution in [0, 0.1) is 11.8 Å². The first-order valence-electron chi connectivity index (χ1n) is 5.10. The van der Waals surface area contributed by atoms with E-state index in [1.807, 2.05) is 6.08 Å². The number of unbranched alkanes of at least 4 members (excludes halogenated alkanes) is 1. The van der Waals surface area contributed by atoms with Gasteiger partial charge in [0.05, 0.1) is 6.10 Å². The van der Waals surface area contributed by atoms with Crippen LogP contribution in [0.3, 0.4) is 0 Å². The van der Waals surface area contributed by atoms with E-state index >= 15 is 0 Å². The normalized spacial score (nSPS) is 35.4. The molecule has 0 aromatic carbocycles. The molecule has 0 aromatic rings. The van der Waals surface area contributed by atoms with Crippen molar-refractivity contribution in [3.05, 3.63) is 12.2 Å². The minimum atomic E-state index is -0.180. The highest BCUT2D eigenvalue weighted by molar-refractivity contribution is 4.99. The van der Waals surface area contributed by atoms with E-state index in [4.69, 9.17) is 0 Å². The van der Waals surface area contributed by atoms with Gasteiger partial charge in [0.1, 0.15) is 0 Å². The maximum Gasteiger partial charge on any atom is 0.0751 e. The summed E-state index contributed by atoms with van der Waals surface area (Å²) < 4.78 is 0. The Morgan fingerprint density at radius 3 is 2.83 bits per heavy atom. The molecule has 1 aliphatic rings. The van der Waals surface area contributed by atoms with Crippen LogP contribution < -0.4 is 0 Å². The van der Waals surface area contributed by atoms with E-state index in [0.717, 1.165) is 6.42 Å². The number of allylic oxidation sites excluding steroid dienone is 1. The second kappa shape index (κ2) is 4.66. The predicted octanol–water partition coefficient (Wildman–Crippen LogP) is 2.75. The van der Waals surface area contributed by atoms with Crippen LogP contribution in [0.5, 0.6) is 0 Å². The summed E-state index contributed by atoms with van der Waals surface area (Å²) in [5.74, 6) is 1.17. The van der Waals surface area contributed by atoms with Gasteiger partial charge in [0.25, 0.3) is 0 Å². The Kier molecular flexibility index (Phi) is 3.80. The van der Waals surface area contributed by atoms with Crippen LogP contribution in [0.4, 0.5) is 0 Å². The fraction of sp³-hybridized carbons (Fsp3) is 0.818. The molecule has 0 aliphatic heterocycles. The van der Waals surface area contributed by atoms with Crippen LogP contribution in [-0.4, -0.2) is 11.2 Å². The summed E-state index contributed by atoms with van der Waals surface area (Å²) in [6.45, 7) is 4.45. The first-order valence-corrected chi connectivity index (χ1v) is 5.10. The van der Waals surface area contributed by atoms with Crippen LogP contribution in [0.15, 0.2) is 12.2 Å². The summed E-state index contributed by atoms with van der Waals surface area (Å²) in [5, 5.41) is 9.68. The molecular formula is C11H20O. The topological polar surface area (TPSA) is 20.2 Å². The van der Waals surface area contributed by atoms with Crippen molar-refractivity contribution in [2.45, 2.75) is 45.6 Å². The maximum atomic E-state index is 9.68. The van der Waals surface area contributed by atoms with E-state index in [9.17, 15) is 5.11 Å². The first-order chi connectivity index (χ1) is 5.75. The van der Waals surface area contributed by atoms with Crippen molar-refractivity contribution in [1.82, 2.24) is 0 Å². The molecule has 3 atom stereocenters. The highest BCUT2D eigenvalue weighted by Gasteiger charge is 2.24. The number of hydrogen-bond donors (Lipinski definition) is 1. The highest BCUT2D eigenvalue weighted by atomic mass is 16.3. The summed E-state index contributed by atoms with van der Waals surface area (Å²) in [6.07, 6.45) is 8.70. The molecule has 0 fully saturated rings.